The normalized spacial score (nSPS) is 12.4. The first kappa shape index (κ1) is 22.2. The van der Waals surface area contributed by atoms with Crippen molar-refractivity contribution in [3.05, 3.63) is 63.7 Å². The van der Waals surface area contributed by atoms with Crippen molar-refractivity contribution in [3.63, 3.8) is 0 Å². The van der Waals surface area contributed by atoms with E-state index < -0.39 is 24.0 Å². The van der Waals surface area contributed by atoms with Crippen molar-refractivity contribution in [1.29, 1.82) is 5.26 Å². The summed E-state index contributed by atoms with van der Waals surface area (Å²) in [5.74, 6) is -1.22. The molecule has 2 amide bonds. The zero-order chi connectivity index (χ0) is 21.6. The largest absolute Gasteiger partial charge is 0.392 e. The van der Waals surface area contributed by atoms with E-state index in [1.165, 1.54) is 25.1 Å². The molecule has 0 aliphatic heterocycles. The van der Waals surface area contributed by atoms with Crippen LogP contribution < -0.4 is 16.2 Å². The van der Waals surface area contributed by atoms with E-state index in [2.05, 4.69) is 16.2 Å². The number of nitrogens with zero attached hydrogens (tertiary/aromatic N) is 1. The molecule has 0 spiro atoms. The van der Waals surface area contributed by atoms with Crippen LogP contribution in [0, 0.1) is 18.3 Å². The molecule has 0 saturated carbocycles. The fourth-order valence-electron chi connectivity index (χ4n) is 2.53. The van der Waals surface area contributed by atoms with Gasteiger partial charge in [-0.3, -0.25) is 20.4 Å². The molecule has 0 bridgehead atoms. The van der Waals surface area contributed by atoms with Crippen molar-refractivity contribution in [2.45, 2.75) is 32.6 Å². The molecular formula is C20H21ClN4O4. The topological polar surface area (TPSA) is 134 Å². The second-order valence-corrected chi connectivity index (χ2v) is 6.75. The van der Waals surface area contributed by atoms with Gasteiger partial charge < -0.3 is 15.5 Å². The molecule has 5 N–H and O–H groups in total. The van der Waals surface area contributed by atoms with Gasteiger partial charge in [0.25, 0.3) is 11.8 Å². The molecule has 2 aromatic rings. The maximum absolute atomic E-state index is 12.5. The SMILES string of the molecule is Cc1c(NC(C(=O)NNC(=O)c2ccc(CO)cc2)[C@H](C)O)ccc(C#N)c1Cl. The molecule has 0 aliphatic rings. The molecular weight excluding hydrogens is 396 g/mol. The summed E-state index contributed by atoms with van der Waals surface area (Å²) >= 11 is 6.14. The van der Waals surface area contributed by atoms with Crippen molar-refractivity contribution >= 4 is 29.1 Å². The minimum absolute atomic E-state index is 0.140. The molecule has 9 heteroatoms. The number of aliphatic hydroxyl groups is 2. The molecule has 0 radical (unpaired) electrons. The first-order chi connectivity index (χ1) is 13.8. The summed E-state index contributed by atoms with van der Waals surface area (Å²) in [5.41, 5.74) is 6.82. The zero-order valence-electron chi connectivity index (χ0n) is 15.9. The predicted octanol–water partition coefficient (Wildman–Crippen LogP) is 1.63. The molecule has 0 aromatic heterocycles. The number of benzene rings is 2. The van der Waals surface area contributed by atoms with Gasteiger partial charge in [0.1, 0.15) is 12.1 Å². The number of rotatable bonds is 6. The van der Waals surface area contributed by atoms with Crippen LogP contribution in [-0.4, -0.2) is 34.2 Å². The third-order valence-electron chi connectivity index (χ3n) is 4.28. The Balaban J connectivity index is 2.07. The lowest BCUT2D eigenvalue weighted by atomic mass is 10.1. The number of carbonyl (C=O) groups excluding carboxylic acids is 2. The standard InChI is InChI=1S/C20H21ClN4O4/c1-11-16(8-7-15(9-22)17(11)21)23-18(12(2)27)20(29)25-24-19(28)14-5-3-13(10-26)4-6-14/h3-8,12,18,23,26-27H,10H2,1-2H3,(H,24,28)(H,25,29)/t12-,18?/m0/s1. The summed E-state index contributed by atoms with van der Waals surface area (Å²) in [6, 6.07) is 10.2. The molecule has 0 heterocycles. The van der Waals surface area contributed by atoms with Crippen molar-refractivity contribution < 1.29 is 19.8 Å². The van der Waals surface area contributed by atoms with Crippen LogP contribution in [0.1, 0.15) is 34.0 Å². The number of amides is 2. The van der Waals surface area contributed by atoms with Crippen LogP contribution in [0.15, 0.2) is 36.4 Å². The number of halogens is 1. The summed E-state index contributed by atoms with van der Waals surface area (Å²) in [5, 5.41) is 31.2. The van der Waals surface area contributed by atoms with E-state index in [0.29, 0.717) is 27.9 Å². The van der Waals surface area contributed by atoms with Gasteiger partial charge in [0.2, 0.25) is 0 Å². The van der Waals surface area contributed by atoms with Gasteiger partial charge in [-0.2, -0.15) is 5.26 Å². The van der Waals surface area contributed by atoms with E-state index in [1.54, 1.807) is 25.1 Å². The van der Waals surface area contributed by atoms with Gasteiger partial charge >= 0.3 is 0 Å². The lowest BCUT2D eigenvalue weighted by Gasteiger charge is -2.23. The van der Waals surface area contributed by atoms with Gasteiger partial charge in [-0.25, -0.2) is 0 Å². The second kappa shape index (κ2) is 9.89. The monoisotopic (exact) mass is 416 g/mol. The fourth-order valence-corrected chi connectivity index (χ4v) is 2.74. The summed E-state index contributed by atoms with van der Waals surface area (Å²) in [6.45, 7) is 2.97. The summed E-state index contributed by atoms with van der Waals surface area (Å²) in [4.78, 5) is 24.6. The Hall–Kier alpha value is -3.12. The predicted molar refractivity (Wildman–Crippen MR) is 108 cm³/mol. The Kier molecular flexibility index (Phi) is 7.56. The average Bonchev–Trinajstić information content (AvgIpc) is 2.72. The lowest BCUT2D eigenvalue weighted by Crippen LogP contribution is -2.52. The van der Waals surface area contributed by atoms with E-state index >= 15 is 0 Å². The third-order valence-corrected chi connectivity index (χ3v) is 4.77. The Morgan fingerprint density at radius 1 is 1.17 bits per heavy atom. The highest BCUT2D eigenvalue weighted by Crippen LogP contribution is 2.27. The molecule has 8 nitrogen and oxygen atoms in total. The van der Waals surface area contributed by atoms with Gasteiger partial charge in [0.15, 0.2) is 0 Å². The number of nitrogens with one attached hydrogen (secondary N) is 3. The zero-order valence-corrected chi connectivity index (χ0v) is 16.6. The number of carbonyl (C=O) groups is 2. The highest BCUT2D eigenvalue weighted by molar-refractivity contribution is 6.32. The molecule has 1 unspecified atom stereocenters. The minimum atomic E-state index is -1.09. The first-order valence-electron chi connectivity index (χ1n) is 8.72. The van der Waals surface area contributed by atoms with Crippen LogP contribution in [0.25, 0.3) is 0 Å². The number of aliphatic hydroxyl groups excluding tert-OH is 2. The van der Waals surface area contributed by atoms with Gasteiger partial charge in [0.05, 0.1) is 23.3 Å². The quantitative estimate of drug-likeness (QED) is 0.454. The minimum Gasteiger partial charge on any atom is -0.392 e. The Morgan fingerprint density at radius 3 is 2.38 bits per heavy atom. The molecule has 2 aromatic carbocycles. The van der Waals surface area contributed by atoms with Gasteiger partial charge in [0, 0.05) is 11.3 Å². The third kappa shape index (κ3) is 5.45. The molecule has 29 heavy (non-hydrogen) atoms. The maximum Gasteiger partial charge on any atom is 0.269 e. The van der Waals surface area contributed by atoms with Gasteiger partial charge in [-0.1, -0.05) is 23.7 Å². The smallest absolute Gasteiger partial charge is 0.269 e. The summed E-state index contributed by atoms with van der Waals surface area (Å²) in [6.07, 6.45) is -1.09. The molecule has 0 aliphatic carbocycles. The van der Waals surface area contributed by atoms with Crippen LogP contribution >= 0.6 is 11.6 Å². The van der Waals surface area contributed by atoms with Crippen LogP contribution in [0.5, 0.6) is 0 Å². The van der Waals surface area contributed by atoms with Crippen molar-refractivity contribution in [2.24, 2.45) is 0 Å². The van der Waals surface area contributed by atoms with Crippen molar-refractivity contribution in [2.75, 3.05) is 5.32 Å². The highest BCUT2D eigenvalue weighted by Gasteiger charge is 2.25. The Labute approximate surface area is 173 Å². The maximum atomic E-state index is 12.5. The Morgan fingerprint density at radius 2 is 1.83 bits per heavy atom. The summed E-state index contributed by atoms with van der Waals surface area (Å²) in [7, 11) is 0. The number of hydrogen-bond acceptors (Lipinski definition) is 6. The number of hydrazine groups is 1. The van der Waals surface area contributed by atoms with E-state index in [-0.39, 0.29) is 11.6 Å². The molecule has 0 fully saturated rings. The van der Waals surface area contributed by atoms with E-state index in [1.807, 2.05) is 6.07 Å². The second-order valence-electron chi connectivity index (χ2n) is 6.37. The van der Waals surface area contributed by atoms with E-state index in [9.17, 15) is 14.7 Å². The first-order valence-corrected chi connectivity index (χ1v) is 9.10. The highest BCUT2D eigenvalue weighted by atomic mass is 35.5. The fraction of sp³-hybridized carbons (Fsp3) is 0.250. The molecule has 152 valence electrons. The number of anilines is 1. The Bertz CT molecular complexity index is 939. The van der Waals surface area contributed by atoms with Crippen LogP contribution in [0.3, 0.4) is 0 Å². The van der Waals surface area contributed by atoms with E-state index in [4.69, 9.17) is 22.0 Å². The molecule has 2 atom stereocenters. The van der Waals surface area contributed by atoms with Crippen LogP contribution in [0.4, 0.5) is 5.69 Å². The van der Waals surface area contributed by atoms with Gasteiger partial charge in [-0.15, -0.1) is 0 Å². The van der Waals surface area contributed by atoms with Gasteiger partial charge in [-0.05, 0) is 49.2 Å². The van der Waals surface area contributed by atoms with Crippen molar-refractivity contribution in [3.8, 4) is 6.07 Å². The number of nitriles is 1. The van der Waals surface area contributed by atoms with E-state index in [0.717, 1.165) is 0 Å². The number of hydrogen-bond donors (Lipinski definition) is 5. The van der Waals surface area contributed by atoms with Crippen LogP contribution in [-0.2, 0) is 11.4 Å². The summed E-state index contributed by atoms with van der Waals surface area (Å²) < 4.78 is 0. The van der Waals surface area contributed by atoms with Crippen molar-refractivity contribution in [1.82, 2.24) is 10.9 Å². The average molecular weight is 417 g/mol. The molecule has 2 rings (SSSR count). The molecule has 0 saturated heterocycles. The lowest BCUT2D eigenvalue weighted by molar-refractivity contribution is -0.124. The van der Waals surface area contributed by atoms with Crippen LogP contribution in [0.2, 0.25) is 5.02 Å².